The van der Waals surface area contributed by atoms with Crippen LogP contribution in [0.15, 0.2) is 72.9 Å². The molecule has 0 rings (SSSR count). The van der Waals surface area contributed by atoms with Crippen molar-refractivity contribution in [3.63, 3.8) is 0 Å². The maximum absolute atomic E-state index is 12.9. The summed E-state index contributed by atoms with van der Waals surface area (Å²) in [6.07, 6.45) is 87.9. The minimum Gasteiger partial charge on any atom is -0.462 e. The Morgan fingerprint density at radius 2 is 0.494 bits per heavy atom. The van der Waals surface area contributed by atoms with Crippen molar-refractivity contribution in [1.29, 1.82) is 0 Å². The van der Waals surface area contributed by atoms with Crippen LogP contribution in [0.5, 0.6) is 0 Å². The molecular weight excluding hydrogens is 973 g/mol. The molecule has 0 aliphatic rings. The lowest BCUT2D eigenvalue weighted by atomic mass is 10.0. The highest BCUT2D eigenvalue weighted by molar-refractivity contribution is 5.71. The second kappa shape index (κ2) is 67.4. The fraction of sp³-hybridized carbons (Fsp3) is 0.795. The average molecular weight is 1100 g/mol. The highest BCUT2D eigenvalue weighted by Crippen LogP contribution is 2.18. The molecule has 6 nitrogen and oxygen atoms in total. The number of ether oxygens (including phenoxy) is 3. The van der Waals surface area contributed by atoms with Gasteiger partial charge in [0.05, 0.1) is 0 Å². The molecule has 0 heterocycles. The molecule has 0 amide bonds. The van der Waals surface area contributed by atoms with Gasteiger partial charge >= 0.3 is 17.9 Å². The Morgan fingerprint density at radius 3 is 0.785 bits per heavy atom. The molecule has 0 spiro atoms. The van der Waals surface area contributed by atoms with Gasteiger partial charge in [0.2, 0.25) is 0 Å². The molecule has 1 atom stereocenters. The van der Waals surface area contributed by atoms with E-state index in [4.69, 9.17) is 14.2 Å². The van der Waals surface area contributed by atoms with E-state index in [2.05, 4.69) is 93.7 Å². The van der Waals surface area contributed by atoms with Crippen molar-refractivity contribution < 1.29 is 28.6 Å². The predicted octanol–water partition coefficient (Wildman–Crippen LogP) is 23.7. The van der Waals surface area contributed by atoms with Crippen LogP contribution in [0.1, 0.15) is 355 Å². The van der Waals surface area contributed by atoms with Crippen LogP contribution < -0.4 is 0 Å². The summed E-state index contributed by atoms with van der Waals surface area (Å²) < 4.78 is 16.9. The minimum atomic E-state index is -0.787. The highest BCUT2D eigenvalue weighted by Gasteiger charge is 2.19. The van der Waals surface area contributed by atoms with Crippen molar-refractivity contribution in [3.05, 3.63) is 72.9 Å². The highest BCUT2D eigenvalue weighted by atomic mass is 16.6. The number of hydrogen-bond donors (Lipinski definition) is 0. The Kier molecular flexibility index (Phi) is 64.7. The second-order valence-electron chi connectivity index (χ2n) is 23.1. The van der Waals surface area contributed by atoms with E-state index in [0.717, 1.165) is 96.3 Å². The van der Waals surface area contributed by atoms with E-state index in [1.54, 1.807) is 0 Å². The molecule has 0 saturated heterocycles. The van der Waals surface area contributed by atoms with Gasteiger partial charge in [-0.2, -0.15) is 0 Å². The summed E-state index contributed by atoms with van der Waals surface area (Å²) in [6.45, 7) is 6.54. The zero-order chi connectivity index (χ0) is 57.1. The minimum absolute atomic E-state index is 0.0814. The molecule has 0 aliphatic carbocycles. The van der Waals surface area contributed by atoms with Crippen LogP contribution >= 0.6 is 0 Å². The normalized spacial score (nSPS) is 12.5. The topological polar surface area (TPSA) is 78.9 Å². The average Bonchev–Trinajstić information content (AvgIpc) is 3.45. The quantitative estimate of drug-likeness (QED) is 0.0261. The molecular formula is C73H130O6. The zero-order valence-corrected chi connectivity index (χ0v) is 52.6. The molecule has 0 bridgehead atoms. The predicted molar refractivity (Wildman–Crippen MR) is 344 cm³/mol. The molecule has 0 saturated carbocycles. The first-order valence-electron chi connectivity index (χ1n) is 34.4. The second-order valence-corrected chi connectivity index (χ2v) is 23.1. The number of carbonyl (C=O) groups is 3. The summed E-state index contributed by atoms with van der Waals surface area (Å²) in [5.74, 6) is -0.893. The Balaban J connectivity index is 4.23. The van der Waals surface area contributed by atoms with Gasteiger partial charge in [0.25, 0.3) is 0 Å². The summed E-state index contributed by atoms with van der Waals surface area (Å²) in [5, 5.41) is 0. The summed E-state index contributed by atoms with van der Waals surface area (Å²) in [6, 6.07) is 0. The third-order valence-corrected chi connectivity index (χ3v) is 15.2. The Labute approximate surface area is 491 Å². The van der Waals surface area contributed by atoms with E-state index in [-0.39, 0.29) is 31.1 Å². The zero-order valence-electron chi connectivity index (χ0n) is 52.6. The maximum Gasteiger partial charge on any atom is 0.306 e. The number of esters is 3. The molecule has 0 aromatic rings. The van der Waals surface area contributed by atoms with E-state index in [0.29, 0.717) is 19.3 Å². The van der Waals surface area contributed by atoms with E-state index < -0.39 is 6.10 Å². The summed E-state index contributed by atoms with van der Waals surface area (Å²) in [7, 11) is 0. The molecule has 0 radical (unpaired) electrons. The van der Waals surface area contributed by atoms with E-state index in [1.807, 2.05) is 0 Å². The molecule has 1 unspecified atom stereocenters. The lowest BCUT2D eigenvalue weighted by molar-refractivity contribution is -0.167. The Bertz CT molecular complexity index is 1450. The standard InChI is InChI=1S/C73H130O6/c1-4-7-10-13-16-19-22-25-27-29-31-32-33-34-35-36-37-38-39-40-42-43-45-48-51-54-57-60-63-66-72(75)78-69-70(68-77-71(74)65-62-59-56-53-50-47-24-21-18-15-12-9-6-3)79-73(76)67-64-61-58-55-52-49-46-44-41-30-28-26-23-20-17-14-11-8-5-2/h9,12,18,21-22,25,29,31,33-34,47,50,70H,4-8,10-11,13-17,19-20,23-24,26-28,30,32,35-46,48-49,51-69H2,1-3H3/b12-9-,21-18-,25-22-,31-29-,34-33-,50-47-. The lowest BCUT2D eigenvalue weighted by Gasteiger charge is -2.18. The molecule has 458 valence electrons. The van der Waals surface area contributed by atoms with Gasteiger partial charge in [0.15, 0.2) is 6.10 Å². The van der Waals surface area contributed by atoms with E-state index >= 15 is 0 Å². The largest absolute Gasteiger partial charge is 0.462 e. The third-order valence-electron chi connectivity index (χ3n) is 15.2. The van der Waals surface area contributed by atoms with Gasteiger partial charge in [-0.1, -0.05) is 318 Å². The molecule has 0 fully saturated rings. The van der Waals surface area contributed by atoms with Gasteiger partial charge in [0, 0.05) is 19.3 Å². The van der Waals surface area contributed by atoms with Crippen LogP contribution in [0, 0.1) is 0 Å². The molecule has 0 aromatic heterocycles. The van der Waals surface area contributed by atoms with E-state index in [9.17, 15) is 14.4 Å². The number of rotatable bonds is 63. The van der Waals surface area contributed by atoms with Crippen molar-refractivity contribution in [3.8, 4) is 0 Å². The molecule has 0 aliphatic heterocycles. The third kappa shape index (κ3) is 65.5. The lowest BCUT2D eigenvalue weighted by Crippen LogP contribution is -2.30. The first-order valence-corrected chi connectivity index (χ1v) is 34.4. The van der Waals surface area contributed by atoms with Crippen molar-refractivity contribution in [2.24, 2.45) is 0 Å². The van der Waals surface area contributed by atoms with Gasteiger partial charge in [-0.05, 0) is 89.9 Å². The van der Waals surface area contributed by atoms with Crippen LogP contribution in [-0.2, 0) is 28.6 Å². The van der Waals surface area contributed by atoms with Crippen molar-refractivity contribution in [2.75, 3.05) is 13.2 Å². The Morgan fingerprint density at radius 1 is 0.266 bits per heavy atom. The van der Waals surface area contributed by atoms with Crippen molar-refractivity contribution in [1.82, 2.24) is 0 Å². The van der Waals surface area contributed by atoms with Crippen LogP contribution in [0.25, 0.3) is 0 Å². The monoisotopic (exact) mass is 1100 g/mol. The van der Waals surface area contributed by atoms with Gasteiger partial charge < -0.3 is 14.2 Å². The Hall–Kier alpha value is -3.15. The fourth-order valence-corrected chi connectivity index (χ4v) is 10.1. The van der Waals surface area contributed by atoms with Crippen LogP contribution in [0.3, 0.4) is 0 Å². The van der Waals surface area contributed by atoms with Gasteiger partial charge in [-0.3, -0.25) is 14.4 Å². The van der Waals surface area contributed by atoms with Gasteiger partial charge in [0.1, 0.15) is 13.2 Å². The number of allylic oxidation sites excluding steroid dienone is 12. The van der Waals surface area contributed by atoms with Crippen LogP contribution in [-0.4, -0.2) is 37.2 Å². The van der Waals surface area contributed by atoms with Gasteiger partial charge in [-0.25, -0.2) is 0 Å². The van der Waals surface area contributed by atoms with Crippen LogP contribution in [0.4, 0.5) is 0 Å². The molecule has 0 N–H and O–H groups in total. The summed E-state index contributed by atoms with van der Waals surface area (Å²) in [4.78, 5) is 38.4. The summed E-state index contributed by atoms with van der Waals surface area (Å²) in [5.41, 5.74) is 0. The summed E-state index contributed by atoms with van der Waals surface area (Å²) >= 11 is 0. The van der Waals surface area contributed by atoms with E-state index in [1.165, 1.54) is 218 Å². The van der Waals surface area contributed by atoms with Gasteiger partial charge in [-0.15, -0.1) is 0 Å². The first-order chi connectivity index (χ1) is 39.0. The first kappa shape index (κ1) is 75.8. The molecule has 79 heavy (non-hydrogen) atoms. The van der Waals surface area contributed by atoms with Crippen molar-refractivity contribution in [2.45, 2.75) is 361 Å². The number of carbonyl (C=O) groups excluding carboxylic acids is 3. The smallest absolute Gasteiger partial charge is 0.306 e. The van der Waals surface area contributed by atoms with Crippen LogP contribution in [0.2, 0.25) is 0 Å². The van der Waals surface area contributed by atoms with Crippen molar-refractivity contribution >= 4 is 17.9 Å². The number of hydrogen-bond acceptors (Lipinski definition) is 6. The molecule has 0 aromatic carbocycles. The number of unbranched alkanes of at least 4 members (excludes halogenated alkanes) is 40. The molecule has 6 heteroatoms. The maximum atomic E-state index is 12.9. The fourth-order valence-electron chi connectivity index (χ4n) is 10.1. The SMILES string of the molecule is CC/C=C\C/C=C\C/C=C\CCCCCC(=O)OCC(COC(=O)CCCCCCCCCCCCCCCC/C=C\C/C=C\C/C=C\CCCCCCC)OC(=O)CCCCCCCCCCCCCCCCCCCCC.